The van der Waals surface area contributed by atoms with Crippen molar-refractivity contribution in [3.05, 3.63) is 0 Å². The average Bonchev–Trinajstić information content (AvgIpc) is 1.38. The van der Waals surface area contributed by atoms with Gasteiger partial charge in [-0.25, -0.2) is 0 Å². The van der Waals surface area contributed by atoms with Crippen molar-refractivity contribution in [2.24, 2.45) is 0 Å². The zero-order valence-corrected chi connectivity index (χ0v) is 6.51. The molecule has 0 fully saturated rings. The predicted molar refractivity (Wildman–Crippen MR) is 36.3 cm³/mol. The number of rotatable bonds is 1. The lowest BCUT2D eigenvalue weighted by Crippen LogP contribution is -1.56. The molecule has 0 spiro atoms. The first-order valence-electron chi connectivity index (χ1n) is 1.49. The summed E-state index contributed by atoms with van der Waals surface area (Å²) in [5.41, 5.74) is 0. The van der Waals surface area contributed by atoms with Crippen LogP contribution in [-0.2, 0) is 4.57 Å². The van der Waals surface area contributed by atoms with Crippen molar-refractivity contribution < 1.29 is 9.46 Å². The number of hydrogen-bond acceptors (Lipinski definition) is 1. The lowest BCUT2D eigenvalue weighted by Gasteiger charge is -1.74. The van der Waals surface area contributed by atoms with Gasteiger partial charge in [-0.1, -0.05) is 6.92 Å². The van der Waals surface area contributed by atoms with E-state index in [1.165, 1.54) is 0 Å². The summed E-state index contributed by atoms with van der Waals surface area (Å²) in [6.45, 7) is 1.68. The lowest BCUT2D eigenvalue weighted by atomic mass is 11.0. The van der Waals surface area contributed by atoms with Crippen LogP contribution in [0.4, 0.5) is 0 Å². The van der Waals surface area contributed by atoms with E-state index in [0.717, 1.165) is 0 Å². The fraction of sp³-hybridized carbons (Fsp3) is 1.00. The largest absolute Gasteiger partial charge is 0.346 e. The smallest absolute Gasteiger partial charge is 0.188 e. The Morgan fingerprint density at radius 1 is 1.57 bits per heavy atom. The van der Waals surface area contributed by atoms with E-state index in [1.54, 1.807) is 6.92 Å². The van der Waals surface area contributed by atoms with Gasteiger partial charge in [-0.2, -0.15) is 0 Å². The molecule has 0 rings (SSSR count). The van der Waals surface area contributed by atoms with E-state index in [2.05, 4.69) is 0 Å². The SMILES string of the molecule is CC[PH](=O)O.Cl.Cl. The fourth-order valence-corrected chi connectivity index (χ4v) is 0. The lowest BCUT2D eigenvalue weighted by molar-refractivity contribution is 0.504. The summed E-state index contributed by atoms with van der Waals surface area (Å²) in [6, 6.07) is 0. The minimum absolute atomic E-state index is 0. The molecular weight excluding hydrogens is 158 g/mol. The third-order valence-corrected chi connectivity index (χ3v) is 0.907. The first kappa shape index (κ1) is 15.7. The standard InChI is InChI=1S/C2H7O2P.2ClH/c1-2-5(3)4;;/h5H,2H2,1H3,(H,3,4);2*1H. The molecule has 0 bridgehead atoms. The van der Waals surface area contributed by atoms with Gasteiger partial charge in [0, 0.05) is 6.16 Å². The quantitative estimate of drug-likeness (QED) is 0.597. The van der Waals surface area contributed by atoms with Crippen LogP contribution < -0.4 is 0 Å². The van der Waals surface area contributed by atoms with Gasteiger partial charge in [0.1, 0.15) is 0 Å². The van der Waals surface area contributed by atoms with Crippen molar-refractivity contribution in [2.45, 2.75) is 6.92 Å². The molecule has 7 heavy (non-hydrogen) atoms. The summed E-state index contributed by atoms with van der Waals surface area (Å²) >= 11 is 0. The molecule has 0 saturated heterocycles. The van der Waals surface area contributed by atoms with Crippen LogP contribution in [0, 0.1) is 0 Å². The van der Waals surface area contributed by atoms with E-state index >= 15 is 0 Å². The maximum Gasteiger partial charge on any atom is 0.188 e. The Hall–Kier alpha value is 0.770. The molecule has 1 atom stereocenters. The van der Waals surface area contributed by atoms with Gasteiger partial charge < -0.3 is 4.89 Å². The normalized spacial score (nSPS) is 10.6. The Kier molecular flexibility index (Phi) is 22.1. The minimum atomic E-state index is -2.12. The Labute approximate surface area is 56.0 Å². The molecular formula is C2H9Cl2O2P. The molecule has 0 aromatic heterocycles. The van der Waals surface area contributed by atoms with Gasteiger partial charge in [-0.15, -0.1) is 24.8 Å². The molecule has 0 aliphatic rings. The number of hydrogen-bond donors (Lipinski definition) is 1. The molecule has 0 radical (unpaired) electrons. The topological polar surface area (TPSA) is 37.3 Å². The second-order valence-electron chi connectivity index (χ2n) is 0.747. The third kappa shape index (κ3) is 20.1. The minimum Gasteiger partial charge on any atom is -0.346 e. The van der Waals surface area contributed by atoms with Crippen LogP contribution in [0.3, 0.4) is 0 Å². The molecule has 1 N–H and O–H groups in total. The summed E-state index contributed by atoms with van der Waals surface area (Å²) in [4.78, 5) is 7.91. The molecule has 2 nitrogen and oxygen atoms in total. The highest BCUT2D eigenvalue weighted by atomic mass is 35.5. The van der Waals surface area contributed by atoms with Gasteiger partial charge in [0.2, 0.25) is 0 Å². The highest BCUT2D eigenvalue weighted by molar-refractivity contribution is 7.37. The van der Waals surface area contributed by atoms with Crippen molar-refractivity contribution in [3.8, 4) is 0 Å². The fourth-order valence-electron chi connectivity index (χ4n) is 0. The molecule has 48 valence electrons. The van der Waals surface area contributed by atoms with Crippen molar-refractivity contribution in [2.75, 3.05) is 6.16 Å². The maximum atomic E-state index is 9.55. The third-order valence-electron chi connectivity index (χ3n) is 0.302. The summed E-state index contributed by atoms with van der Waals surface area (Å²) in [5, 5.41) is 0. The molecule has 1 unspecified atom stereocenters. The molecule has 0 aliphatic carbocycles. The molecule has 0 heterocycles. The Bertz CT molecular complexity index is 49.0. The Morgan fingerprint density at radius 2 is 1.71 bits per heavy atom. The van der Waals surface area contributed by atoms with E-state index in [9.17, 15) is 4.57 Å². The van der Waals surface area contributed by atoms with Gasteiger partial charge in [0.05, 0.1) is 0 Å². The van der Waals surface area contributed by atoms with Crippen LogP contribution in [0.25, 0.3) is 0 Å². The van der Waals surface area contributed by atoms with E-state index in [-0.39, 0.29) is 24.8 Å². The van der Waals surface area contributed by atoms with Gasteiger partial charge in [-0.05, 0) is 0 Å². The summed E-state index contributed by atoms with van der Waals surface area (Å²) in [6.07, 6.45) is 0.407. The van der Waals surface area contributed by atoms with Crippen molar-refractivity contribution in [1.29, 1.82) is 0 Å². The second-order valence-corrected chi connectivity index (χ2v) is 2.24. The molecule has 0 amide bonds. The monoisotopic (exact) mass is 166 g/mol. The maximum absolute atomic E-state index is 9.55. The zero-order chi connectivity index (χ0) is 4.28. The molecule has 0 saturated carbocycles. The van der Waals surface area contributed by atoms with Gasteiger partial charge >= 0.3 is 0 Å². The van der Waals surface area contributed by atoms with Gasteiger partial charge in [0.15, 0.2) is 8.03 Å². The van der Waals surface area contributed by atoms with Crippen molar-refractivity contribution in [3.63, 3.8) is 0 Å². The van der Waals surface area contributed by atoms with Crippen LogP contribution in [0.2, 0.25) is 0 Å². The predicted octanol–water partition coefficient (Wildman–Crippen LogP) is 1.32. The van der Waals surface area contributed by atoms with E-state index < -0.39 is 8.03 Å². The average molecular weight is 167 g/mol. The molecule has 5 heteroatoms. The van der Waals surface area contributed by atoms with Crippen LogP contribution in [0.15, 0.2) is 0 Å². The van der Waals surface area contributed by atoms with Crippen LogP contribution in [-0.4, -0.2) is 11.1 Å². The zero-order valence-electron chi connectivity index (χ0n) is 3.88. The number of halogens is 2. The van der Waals surface area contributed by atoms with Crippen LogP contribution in [0.1, 0.15) is 6.92 Å². The first-order chi connectivity index (χ1) is 2.27. The molecule has 0 aromatic rings. The summed E-state index contributed by atoms with van der Waals surface area (Å²) in [7, 11) is -2.12. The van der Waals surface area contributed by atoms with E-state index in [4.69, 9.17) is 4.89 Å². The van der Waals surface area contributed by atoms with Crippen LogP contribution in [0.5, 0.6) is 0 Å². The van der Waals surface area contributed by atoms with E-state index in [1.807, 2.05) is 0 Å². The van der Waals surface area contributed by atoms with Crippen LogP contribution >= 0.6 is 32.8 Å². The Balaban J connectivity index is -0.0000000800. The molecule has 0 aromatic carbocycles. The Morgan fingerprint density at radius 3 is 1.71 bits per heavy atom. The molecule has 0 aliphatic heterocycles. The highest BCUT2D eigenvalue weighted by Crippen LogP contribution is 2.08. The van der Waals surface area contributed by atoms with Crippen molar-refractivity contribution >= 4 is 32.8 Å². The summed E-state index contributed by atoms with van der Waals surface area (Å²) < 4.78 is 9.55. The second kappa shape index (κ2) is 9.91. The highest BCUT2D eigenvalue weighted by Gasteiger charge is 1.76. The van der Waals surface area contributed by atoms with E-state index in [0.29, 0.717) is 6.16 Å². The van der Waals surface area contributed by atoms with Gasteiger partial charge in [0.25, 0.3) is 0 Å². The first-order valence-corrected chi connectivity index (χ1v) is 3.05. The van der Waals surface area contributed by atoms with Gasteiger partial charge in [-0.3, -0.25) is 4.57 Å². The summed E-state index contributed by atoms with van der Waals surface area (Å²) in [5.74, 6) is 0. The van der Waals surface area contributed by atoms with Crippen molar-refractivity contribution in [1.82, 2.24) is 0 Å².